The van der Waals surface area contributed by atoms with E-state index in [-0.39, 0.29) is 36.1 Å². The highest BCUT2D eigenvalue weighted by Gasteiger charge is 2.13. The number of benzene rings is 1. The molecular weight excluding hydrogens is 491 g/mol. The minimum Gasteiger partial charge on any atom is -0.492 e. The molecule has 4 heterocycles. The van der Waals surface area contributed by atoms with Gasteiger partial charge in [0.1, 0.15) is 23.9 Å². The number of morpholine rings is 1. The Kier molecular flexibility index (Phi) is 7.75. The van der Waals surface area contributed by atoms with Crippen molar-refractivity contribution in [1.29, 1.82) is 0 Å². The molecule has 1 aliphatic heterocycles. The Morgan fingerprint density at radius 2 is 1.97 bits per heavy atom. The summed E-state index contributed by atoms with van der Waals surface area (Å²) in [5, 5.41) is 8.25. The van der Waals surface area contributed by atoms with Gasteiger partial charge in [-0.15, -0.1) is 0 Å². The van der Waals surface area contributed by atoms with Crippen LogP contribution in [0.5, 0.6) is 5.75 Å². The molecule has 1 saturated heterocycles. The summed E-state index contributed by atoms with van der Waals surface area (Å²) in [4.78, 5) is 31.3. The van der Waals surface area contributed by atoms with Gasteiger partial charge in [-0.3, -0.25) is 24.0 Å². The summed E-state index contributed by atoms with van der Waals surface area (Å²) < 4.78 is 28.1. The number of rotatable bonds is 9. The Labute approximate surface area is 218 Å². The first-order valence-electron chi connectivity index (χ1n) is 12.5. The smallest absolute Gasteiger partial charge is 0.270 e. The number of carbonyl (C=O) groups excluding carboxylic acids is 1. The van der Waals surface area contributed by atoms with Crippen LogP contribution in [0.3, 0.4) is 0 Å². The van der Waals surface area contributed by atoms with Gasteiger partial charge in [0.15, 0.2) is 5.82 Å². The van der Waals surface area contributed by atoms with Crippen molar-refractivity contribution in [1.82, 2.24) is 29.5 Å². The van der Waals surface area contributed by atoms with Gasteiger partial charge in [0, 0.05) is 56.1 Å². The number of carbonyl (C=O) groups is 1. The van der Waals surface area contributed by atoms with E-state index in [4.69, 9.17) is 9.47 Å². The zero-order valence-electron chi connectivity index (χ0n) is 21.1. The van der Waals surface area contributed by atoms with Gasteiger partial charge in [-0.25, -0.2) is 9.07 Å². The third kappa shape index (κ3) is 5.90. The normalized spacial score (nSPS) is 14.1. The van der Waals surface area contributed by atoms with Gasteiger partial charge >= 0.3 is 0 Å². The lowest BCUT2D eigenvalue weighted by Gasteiger charge is -2.26. The van der Waals surface area contributed by atoms with Crippen molar-refractivity contribution < 1.29 is 18.7 Å². The molecule has 1 N–H and O–H groups in total. The lowest BCUT2D eigenvalue weighted by atomic mass is 10.2. The molecule has 198 valence electrons. The van der Waals surface area contributed by atoms with Gasteiger partial charge in [0.25, 0.3) is 11.5 Å². The Hall–Kier alpha value is -4.09. The number of nitrogens with one attached hydrogen (secondary N) is 1. The summed E-state index contributed by atoms with van der Waals surface area (Å²) in [6, 6.07) is 10.9. The predicted octanol–water partition coefficient (Wildman–Crippen LogP) is 2.17. The molecule has 0 atom stereocenters. The number of ether oxygens (including phenoxy) is 2. The van der Waals surface area contributed by atoms with Crippen LogP contribution in [0, 0.1) is 12.7 Å². The second kappa shape index (κ2) is 11.5. The van der Waals surface area contributed by atoms with Crippen molar-refractivity contribution in [3.8, 4) is 11.6 Å². The fourth-order valence-corrected chi connectivity index (χ4v) is 4.40. The van der Waals surface area contributed by atoms with Crippen LogP contribution in [-0.4, -0.2) is 76.1 Å². The SMILES string of the molecule is Cc1cn(-c2ccc(=O)n(CCOc3ccnc(C(=O)NCCN4CCOCC4)c3)n2)c2cc(F)ccc12. The Bertz CT molecular complexity index is 1490. The predicted molar refractivity (Wildman–Crippen MR) is 139 cm³/mol. The number of aryl methyl sites for hydroxylation is 1. The molecule has 1 aromatic carbocycles. The maximum atomic E-state index is 13.9. The largest absolute Gasteiger partial charge is 0.492 e. The van der Waals surface area contributed by atoms with E-state index < -0.39 is 0 Å². The highest BCUT2D eigenvalue weighted by Crippen LogP contribution is 2.24. The number of pyridine rings is 1. The molecule has 1 fully saturated rings. The summed E-state index contributed by atoms with van der Waals surface area (Å²) in [6.07, 6.45) is 3.37. The molecule has 1 amide bonds. The maximum absolute atomic E-state index is 13.9. The van der Waals surface area contributed by atoms with E-state index >= 15 is 0 Å². The van der Waals surface area contributed by atoms with E-state index in [1.807, 2.05) is 13.1 Å². The van der Waals surface area contributed by atoms with E-state index in [2.05, 4.69) is 20.3 Å². The fraction of sp³-hybridized carbons (Fsp3) is 0.333. The number of hydrogen-bond donors (Lipinski definition) is 1. The van der Waals surface area contributed by atoms with Crippen LogP contribution in [0.4, 0.5) is 4.39 Å². The Morgan fingerprint density at radius 3 is 2.82 bits per heavy atom. The van der Waals surface area contributed by atoms with Gasteiger partial charge in [-0.05, 0) is 42.8 Å². The van der Waals surface area contributed by atoms with E-state index in [9.17, 15) is 14.0 Å². The first kappa shape index (κ1) is 25.6. The van der Waals surface area contributed by atoms with Crippen LogP contribution in [0.15, 0.2) is 59.7 Å². The molecule has 38 heavy (non-hydrogen) atoms. The van der Waals surface area contributed by atoms with Crippen molar-refractivity contribution in [2.45, 2.75) is 13.5 Å². The summed E-state index contributed by atoms with van der Waals surface area (Å²) in [7, 11) is 0. The van der Waals surface area contributed by atoms with Crippen molar-refractivity contribution >= 4 is 16.8 Å². The van der Waals surface area contributed by atoms with Gasteiger partial charge in [-0.2, -0.15) is 5.10 Å². The Morgan fingerprint density at radius 1 is 1.13 bits per heavy atom. The van der Waals surface area contributed by atoms with Crippen LogP contribution in [-0.2, 0) is 11.3 Å². The summed E-state index contributed by atoms with van der Waals surface area (Å²) in [5.74, 6) is 0.333. The number of fused-ring (bicyclic) bond motifs is 1. The van der Waals surface area contributed by atoms with Gasteiger partial charge < -0.3 is 14.8 Å². The summed E-state index contributed by atoms with van der Waals surface area (Å²) in [6.45, 7) is 6.68. The summed E-state index contributed by atoms with van der Waals surface area (Å²) in [5.41, 5.74) is 1.61. The van der Waals surface area contributed by atoms with E-state index in [1.165, 1.54) is 29.1 Å². The van der Waals surface area contributed by atoms with Crippen LogP contribution in [0.25, 0.3) is 16.7 Å². The highest BCUT2D eigenvalue weighted by atomic mass is 19.1. The zero-order valence-corrected chi connectivity index (χ0v) is 21.1. The molecule has 0 aliphatic carbocycles. The molecule has 0 saturated carbocycles. The molecule has 0 radical (unpaired) electrons. The fourth-order valence-electron chi connectivity index (χ4n) is 4.40. The number of nitrogens with zero attached hydrogens (tertiary/aromatic N) is 5. The maximum Gasteiger partial charge on any atom is 0.270 e. The lowest BCUT2D eigenvalue weighted by Crippen LogP contribution is -2.41. The number of aromatic nitrogens is 4. The molecule has 4 aromatic rings. The molecule has 1 aliphatic rings. The molecule has 0 unspecified atom stereocenters. The second-order valence-corrected chi connectivity index (χ2v) is 9.03. The van der Waals surface area contributed by atoms with Gasteiger partial charge in [-0.1, -0.05) is 0 Å². The monoisotopic (exact) mass is 520 g/mol. The minimum atomic E-state index is -0.346. The molecule has 5 rings (SSSR count). The quantitative estimate of drug-likeness (QED) is 0.361. The van der Waals surface area contributed by atoms with Crippen molar-refractivity contribution in [2.24, 2.45) is 0 Å². The van der Waals surface area contributed by atoms with Gasteiger partial charge in [0.05, 0.1) is 25.3 Å². The second-order valence-electron chi connectivity index (χ2n) is 9.03. The van der Waals surface area contributed by atoms with E-state index in [1.54, 1.807) is 28.8 Å². The lowest BCUT2D eigenvalue weighted by molar-refractivity contribution is 0.0383. The molecule has 11 heteroatoms. The molecule has 3 aromatic heterocycles. The molecule has 10 nitrogen and oxygen atoms in total. The topological polar surface area (TPSA) is 104 Å². The number of halogens is 1. The first-order chi connectivity index (χ1) is 18.5. The Balaban J connectivity index is 1.20. The number of hydrogen-bond acceptors (Lipinski definition) is 7. The third-order valence-corrected chi connectivity index (χ3v) is 6.42. The van der Waals surface area contributed by atoms with Crippen molar-refractivity contribution in [3.63, 3.8) is 0 Å². The van der Waals surface area contributed by atoms with Crippen molar-refractivity contribution in [3.05, 3.63) is 82.3 Å². The average molecular weight is 521 g/mol. The first-order valence-corrected chi connectivity index (χ1v) is 12.5. The highest BCUT2D eigenvalue weighted by molar-refractivity contribution is 5.92. The van der Waals surface area contributed by atoms with Crippen LogP contribution in [0.1, 0.15) is 16.1 Å². The van der Waals surface area contributed by atoms with Crippen molar-refractivity contribution in [2.75, 3.05) is 46.0 Å². The van der Waals surface area contributed by atoms with E-state index in [0.717, 1.165) is 30.6 Å². The van der Waals surface area contributed by atoms with Crippen LogP contribution < -0.4 is 15.6 Å². The molecule has 0 bridgehead atoms. The van der Waals surface area contributed by atoms with Gasteiger partial charge in [0.2, 0.25) is 0 Å². The third-order valence-electron chi connectivity index (χ3n) is 6.42. The van der Waals surface area contributed by atoms with Crippen LogP contribution >= 0.6 is 0 Å². The minimum absolute atomic E-state index is 0.151. The molecular formula is C27H29FN6O4. The zero-order chi connectivity index (χ0) is 26.5. The average Bonchev–Trinajstić information content (AvgIpc) is 3.25. The number of amides is 1. The van der Waals surface area contributed by atoms with Crippen LogP contribution in [0.2, 0.25) is 0 Å². The molecule has 0 spiro atoms. The standard InChI is InChI=1S/C27H29FN6O4/c1-19-18-33(24-16-20(28)2-3-22(19)24)25-4-5-26(35)34(31-25)12-15-38-21-6-7-29-23(17-21)27(36)30-8-9-32-10-13-37-14-11-32/h2-7,16-18H,8-15H2,1H3,(H,30,36). The van der Waals surface area contributed by atoms with E-state index in [0.29, 0.717) is 36.8 Å². The summed E-state index contributed by atoms with van der Waals surface area (Å²) >= 11 is 0.